The van der Waals surface area contributed by atoms with E-state index in [1.165, 1.54) is 0 Å². The monoisotopic (exact) mass is 234 g/mol. The Morgan fingerprint density at radius 3 is 2.71 bits per heavy atom. The van der Waals surface area contributed by atoms with Crippen LogP contribution in [0.5, 0.6) is 11.5 Å². The molecule has 0 saturated heterocycles. The number of carbonyl (C=O) groups excluding carboxylic acids is 1. The second-order valence-electron chi connectivity index (χ2n) is 4.99. The second-order valence-corrected chi connectivity index (χ2v) is 4.99. The van der Waals surface area contributed by atoms with Crippen molar-refractivity contribution in [3.63, 3.8) is 0 Å². The minimum atomic E-state index is -0.453. The maximum Gasteiger partial charge on any atom is 0.172 e. The van der Waals surface area contributed by atoms with E-state index in [2.05, 4.69) is 6.92 Å². The molecule has 0 unspecified atom stereocenters. The van der Waals surface area contributed by atoms with Crippen molar-refractivity contribution in [2.75, 3.05) is 7.11 Å². The van der Waals surface area contributed by atoms with Gasteiger partial charge in [0, 0.05) is 0 Å². The molecule has 2 rings (SSSR count). The number of hydrogen-bond acceptors (Lipinski definition) is 3. The first-order valence-electron chi connectivity index (χ1n) is 5.90. The normalized spacial score (nSPS) is 17.3. The van der Waals surface area contributed by atoms with Gasteiger partial charge in [-0.05, 0) is 38.0 Å². The zero-order valence-electron chi connectivity index (χ0n) is 10.8. The topological polar surface area (TPSA) is 35.5 Å². The molecule has 1 heterocycles. The molecule has 0 bridgehead atoms. The van der Waals surface area contributed by atoms with Crippen LogP contribution in [0.3, 0.4) is 0 Å². The average Bonchev–Trinajstić information content (AvgIpc) is 2.26. The summed E-state index contributed by atoms with van der Waals surface area (Å²) in [6.45, 7) is 5.89. The molecule has 3 heteroatoms. The van der Waals surface area contributed by atoms with Crippen LogP contribution in [0, 0.1) is 0 Å². The molecule has 0 aromatic heterocycles. The van der Waals surface area contributed by atoms with Crippen molar-refractivity contribution in [2.45, 2.75) is 39.2 Å². The lowest BCUT2D eigenvalue weighted by atomic mass is 9.91. The molecule has 92 valence electrons. The summed E-state index contributed by atoms with van der Waals surface area (Å²) in [4.78, 5) is 12.1. The molecule has 0 amide bonds. The van der Waals surface area contributed by atoms with Crippen molar-refractivity contribution in [2.24, 2.45) is 0 Å². The highest BCUT2D eigenvalue weighted by Gasteiger charge is 2.34. The number of carbonyl (C=O) groups is 1. The van der Waals surface area contributed by atoms with Crippen LogP contribution in [0.15, 0.2) is 12.1 Å². The molecule has 17 heavy (non-hydrogen) atoms. The Kier molecular flexibility index (Phi) is 2.86. The van der Waals surface area contributed by atoms with Gasteiger partial charge in [0.15, 0.2) is 17.3 Å². The summed E-state index contributed by atoms with van der Waals surface area (Å²) in [6, 6.07) is 3.85. The highest BCUT2D eigenvalue weighted by molar-refractivity contribution is 6.01. The fourth-order valence-corrected chi connectivity index (χ4v) is 2.12. The molecule has 1 aliphatic heterocycles. The fourth-order valence-electron chi connectivity index (χ4n) is 2.12. The van der Waals surface area contributed by atoms with Gasteiger partial charge in [-0.1, -0.05) is 6.92 Å². The van der Waals surface area contributed by atoms with E-state index in [4.69, 9.17) is 9.47 Å². The van der Waals surface area contributed by atoms with E-state index in [0.717, 1.165) is 12.0 Å². The number of fused-ring (bicyclic) bond motifs is 1. The summed E-state index contributed by atoms with van der Waals surface area (Å²) in [6.07, 6.45) is 1.29. The minimum absolute atomic E-state index is 0.129. The van der Waals surface area contributed by atoms with E-state index < -0.39 is 5.60 Å². The molecule has 3 nitrogen and oxygen atoms in total. The lowest BCUT2D eigenvalue weighted by Gasteiger charge is -2.32. The van der Waals surface area contributed by atoms with Crippen LogP contribution < -0.4 is 9.47 Å². The van der Waals surface area contributed by atoms with E-state index in [9.17, 15) is 4.79 Å². The zero-order valence-corrected chi connectivity index (χ0v) is 10.8. The summed E-state index contributed by atoms with van der Waals surface area (Å²) in [5, 5.41) is 0. The van der Waals surface area contributed by atoms with Gasteiger partial charge >= 0.3 is 0 Å². The van der Waals surface area contributed by atoms with Crippen molar-refractivity contribution in [3.8, 4) is 11.5 Å². The first kappa shape index (κ1) is 12.0. The fraction of sp³-hybridized carbons (Fsp3) is 0.500. The van der Waals surface area contributed by atoms with Crippen molar-refractivity contribution in [1.82, 2.24) is 0 Å². The van der Waals surface area contributed by atoms with E-state index in [-0.39, 0.29) is 5.78 Å². The molecule has 1 aliphatic rings. The Labute approximate surface area is 102 Å². The third-order valence-electron chi connectivity index (χ3n) is 3.01. The summed E-state index contributed by atoms with van der Waals surface area (Å²) >= 11 is 0. The maximum atomic E-state index is 12.1. The molecule has 0 spiro atoms. The predicted molar refractivity (Wildman–Crippen MR) is 66.0 cm³/mol. The number of methoxy groups -OCH3 is 1. The van der Waals surface area contributed by atoms with Gasteiger partial charge < -0.3 is 9.47 Å². The van der Waals surface area contributed by atoms with Crippen LogP contribution in [0.2, 0.25) is 0 Å². The molecule has 0 fully saturated rings. The van der Waals surface area contributed by atoms with Crippen LogP contribution in [0.25, 0.3) is 0 Å². The van der Waals surface area contributed by atoms with Crippen molar-refractivity contribution < 1.29 is 14.3 Å². The van der Waals surface area contributed by atoms with E-state index in [1.54, 1.807) is 7.11 Å². The van der Waals surface area contributed by atoms with Gasteiger partial charge in [0.1, 0.15) is 5.60 Å². The summed E-state index contributed by atoms with van der Waals surface area (Å²) in [7, 11) is 1.60. The third-order valence-corrected chi connectivity index (χ3v) is 3.01. The van der Waals surface area contributed by atoms with Gasteiger partial charge in [-0.15, -0.1) is 0 Å². The van der Waals surface area contributed by atoms with E-state index >= 15 is 0 Å². The van der Waals surface area contributed by atoms with E-state index in [0.29, 0.717) is 23.5 Å². The molecule has 1 aromatic rings. The number of rotatable bonds is 2. The SMILES string of the molecule is CCc1cc(OC)c2c(c1)C(=O)CC(C)(C)O2. The molecule has 0 atom stereocenters. The van der Waals surface area contributed by atoms with Gasteiger partial charge in [-0.25, -0.2) is 0 Å². The lowest BCUT2D eigenvalue weighted by Crippen LogP contribution is -2.36. The molecular formula is C14H18O3. The summed E-state index contributed by atoms with van der Waals surface area (Å²) in [5.74, 6) is 1.37. The van der Waals surface area contributed by atoms with Crippen LogP contribution >= 0.6 is 0 Å². The Hall–Kier alpha value is -1.51. The Morgan fingerprint density at radius 2 is 2.12 bits per heavy atom. The molecule has 0 saturated carbocycles. The van der Waals surface area contributed by atoms with Gasteiger partial charge in [0.05, 0.1) is 19.1 Å². The van der Waals surface area contributed by atoms with Crippen LogP contribution in [0.1, 0.15) is 43.1 Å². The Morgan fingerprint density at radius 1 is 1.41 bits per heavy atom. The Bertz CT molecular complexity index is 461. The standard InChI is InChI=1S/C14H18O3/c1-5-9-6-10-11(15)8-14(2,3)17-13(10)12(7-9)16-4/h6-7H,5,8H2,1-4H3. The quantitative estimate of drug-likeness (QED) is 0.789. The van der Waals surface area contributed by atoms with Crippen molar-refractivity contribution in [1.29, 1.82) is 0 Å². The molecule has 1 aromatic carbocycles. The third kappa shape index (κ3) is 2.14. The number of aryl methyl sites for hydroxylation is 1. The number of benzene rings is 1. The summed E-state index contributed by atoms with van der Waals surface area (Å²) < 4.78 is 11.2. The first-order valence-corrected chi connectivity index (χ1v) is 5.90. The minimum Gasteiger partial charge on any atom is -0.493 e. The smallest absolute Gasteiger partial charge is 0.172 e. The number of ether oxygens (including phenoxy) is 2. The van der Waals surface area contributed by atoms with Gasteiger partial charge in [0.25, 0.3) is 0 Å². The highest BCUT2D eigenvalue weighted by Crippen LogP contribution is 2.40. The number of hydrogen-bond donors (Lipinski definition) is 0. The lowest BCUT2D eigenvalue weighted by molar-refractivity contribution is 0.0601. The Balaban J connectivity index is 2.58. The maximum absolute atomic E-state index is 12.1. The molecule has 0 radical (unpaired) electrons. The van der Waals surface area contributed by atoms with Gasteiger partial charge in [-0.2, -0.15) is 0 Å². The molecule has 0 N–H and O–H groups in total. The average molecular weight is 234 g/mol. The number of Topliss-reactive ketones (excluding diaryl/α,β-unsaturated/α-hetero) is 1. The van der Waals surface area contributed by atoms with Crippen LogP contribution in [-0.4, -0.2) is 18.5 Å². The van der Waals surface area contributed by atoms with Gasteiger partial charge in [0.2, 0.25) is 0 Å². The number of ketones is 1. The molecular weight excluding hydrogens is 216 g/mol. The largest absolute Gasteiger partial charge is 0.493 e. The molecule has 0 aliphatic carbocycles. The first-order chi connectivity index (χ1) is 7.96. The highest BCUT2D eigenvalue weighted by atomic mass is 16.5. The van der Waals surface area contributed by atoms with Crippen LogP contribution in [0.4, 0.5) is 0 Å². The van der Waals surface area contributed by atoms with Gasteiger partial charge in [-0.3, -0.25) is 4.79 Å². The summed E-state index contributed by atoms with van der Waals surface area (Å²) in [5.41, 5.74) is 1.29. The second kappa shape index (κ2) is 4.06. The van der Waals surface area contributed by atoms with Crippen LogP contribution in [-0.2, 0) is 6.42 Å². The van der Waals surface area contributed by atoms with Crippen molar-refractivity contribution >= 4 is 5.78 Å². The predicted octanol–water partition coefficient (Wildman–Crippen LogP) is 3.00. The van der Waals surface area contributed by atoms with E-state index in [1.807, 2.05) is 26.0 Å². The zero-order chi connectivity index (χ0) is 12.6. The van der Waals surface area contributed by atoms with Crippen molar-refractivity contribution in [3.05, 3.63) is 23.3 Å².